The van der Waals surface area contributed by atoms with Gasteiger partial charge in [0.15, 0.2) is 0 Å². The Morgan fingerprint density at radius 3 is 2.73 bits per heavy atom. The van der Waals surface area contributed by atoms with E-state index < -0.39 is 20.3 Å². The summed E-state index contributed by atoms with van der Waals surface area (Å²) in [5.74, 6) is -0.245. The minimum Gasteiger partial charge on any atom is -0.462 e. The van der Waals surface area contributed by atoms with E-state index in [1.54, 1.807) is 0 Å². The van der Waals surface area contributed by atoms with E-state index in [0.717, 1.165) is 0 Å². The van der Waals surface area contributed by atoms with Crippen molar-refractivity contribution in [2.45, 2.75) is 6.10 Å². The van der Waals surface area contributed by atoms with Gasteiger partial charge in [0.05, 0.1) is 0 Å². The van der Waals surface area contributed by atoms with Gasteiger partial charge in [-0.15, -0.1) is 9.42 Å². The first-order chi connectivity index (χ1) is 7.06. The molecule has 0 amide bonds. The molecule has 0 rings (SSSR count). The zero-order chi connectivity index (χ0) is 11.7. The van der Waals surface area contributed by atoms with Crippen molar-refractivity contribution in [1.29, 1.82) is 0 Å². The SMILES string of the molecule is CSSCC(=O)OC[C@@H](O)CO[P+](=O)O. The molecule has 2 atom stereocenters. The normalized spacial score (nSPS) is 13.4. The van der Waals surface area contributed by atoms with Gasteiger partial charge in [-0.2, -0.15) is 0 Å². The van der Waals surface area contributed by atoms with Crippen LogP contribution in [0.15, 0.2) is 0 Å². The van der Waals surface area contributed by atoms with E-state index in [-0.39, 0.29) is 19.0 Å². The predicted molar refractivity (Wildman–Crippen MR) is 58.7 cm³/mol. The number of carbonyl (C=O) groups excluding carboxylic acids is 1. The van der Waals surface area contributed by atoms with E-state index in [1.165, 1.54) is 21.6 Å². The summed E-state index contributed by atoms with van der Waals surface area (Å²) in [5, 5.41) is 9.12. The number of ether oxygens (including phenoxy) is 1. The first kappa shape index (κ1) is 15.2. The highest BCUT2D eigenvalue weighted by molar-refractivity contribution is 8.76. The molecule has 0 saturated heterocycles. The van der Waals surface area contributed by atoms with E-state index in [2.05, 4.69) is 9.26 Å². The summed E-state index contributed by atoms with van der Waals surface area (Å²) in [6, 6.07) is 0. The molecule has 0 aliphatic rings. The molecule has 88 valence electrons. The van der Waals surface area contributed by atoms with Gasteiger partial charge in [-0.25, -0.2) is 0 Å². The molecule has 0 aromatic rings. The lowest BCUT2D eigenvalue weighted by Crippen LogP contribution is -2.23. The van der Waals surface area contributed by atoms with Crippen molar-refractivity contribution in [3.05, 3.63) is 0 Å². The fourth-order valence-electron chi connectivity index (χ4n) is 0.536. The molecule has 6 nitrogen and oxygen atoms in total. The second kappa shape index (κ2) is 9.38. The largest absolute Gasteiger partial charge is 0.694 e. The van der Waals surface area contributed by atoms with Gasteiger partial charge in [0.2, 0.25) is 0 Å². The van der Waals surface area contributed by atoms with Crippen LogP contribution in [0, 0.1) is 0 Å². The van der Waals surface area contributed by atoms with E-state index in [1.807, 2.05) is 6.26 Å². The van der Waals surface area contributed by atoms with Crippen molar-refractivity contribution in [3.63, 3.8) is 0 Å². The smallest absolute Gasteiger partial charge is 0.462 e. The van der Waals surface area contributed by atoms with E-state index in [9.17, 15) is 9.36 Å². The Morgan fingerprint density at radius 2 is 2.20 bits per heavy atom. The maximum Gasteiger partial charge on any atom is 0.694 e. The van der Waals surface area contributed by atoms with Crippen molar-refractivity contribution >= 4 is 35.8 Å². The summed E-state index contributed by atoms with van der Waals surface area (Å²) < 4.78 is 19.0. The van der Waals surface area contributed by atoms with Crippen LogP contribution >= 0.6 is 29.8 Å². The van der Waals surface area contributed by atoms with Crippen molar-refractivity contribution in [2.24, 2.45) is 0 Å². The van der Waals surface area contributed by atoms with Crippen molar-refractivity contribution in [1.82, 2.24) is 0 Å². The molecule has 2 N–H and O–H groups in total. The fraction of sp³-hybridized carbons (Fsp3) is 0.833. The zero-order valence-electron chi connectivity index (χ0n) is 7.99. The van der Waals surface area contributed by atoms with E-state index in [4.69, 9.17) is 10.00 Å². The van der Waals surface area contributed by atoms with Crippen LogP contribution in [0.25, 0.3) is 0 Å². The van der Waals surface area contributed by atoms with E-state index in [0.29, 0.717) is 0 Å². The number of aliphatic hydroxyl groups excluding tert-OH is 1. The Labute approximate surface area is 96.1 Å². The molecule has 0 aromatic heterocycles. The number of carbonyl (C=O) groups is 1. The lowest BCUT2D eigenvalue weighted by molar-refractivity contribution is -0.143. The molecule has 0 heterocycles. The standard InChI is InChI=1S/C6H11O6PS2/c1-14-15-4-6(8)11-2-5(7)3-12-13(9)10/h5,7H,2-4H2,1H3/p+1/t5-/m1/s1. The predicted octanol–water partition coefficient (Wildman–Crippen LogP) is 0.568. The summed E-state index contributed by atoms with van der Waals surface area (Å²) >= 11 is 0. The van der Waals surface area contributed by atoms with Crippen LogP contribution in [0.4, 0.5) is 0 Å². The molecule has 0 aromatic carbocycles. The number of aliphatic hydroxyl groups is 1. The summed E-state index contributed by atoms with van der Waals surface area (Å²) in [4.78, 5) is 19.2. The Balaban J connectivity index is 3.48. The second-order valence-corrected chi connectivity index (χ2v) is 5.60. The van der Waals surface area contributed by atoms with E-state index >= 15 is 0 Å². The van der Waals surface area contributed by atoms with Crippen LogP contribution in [0.5, 0.6) is 0 Å². The van der Waals surface area contributed by atoms with Gasteiger partial charge in [0, 0.05) is 4.57 Å². The monoisotopic (exact) mass is 275 g/mol. The second-order valence-electron chi connectivity index (χ2n) is 2.30. The summed E-state index contributed by atoms with van der Waals surface area (Å²) in [7, 11) is 0.0375. The molecule has 0 spiro atoms. The highest BCUT2D eigenvalue weighted by atomic mass is 33.1. The quantitative estimate of drug-likeness (QED) is 0.377. The first-order valence-corrected chi connectivity index (χ1v) is 7.70. The molecule has 0 fully saturated rings. The average molecular weight is 275 g/mol. The van der Waals surface area contributed by atoms with Crippen molar-refractivity contribution in [3.8, 4) is 0 Å². The van der Waals surface area contributed by atoms with Crippen LogP contribution in [0.3, 0.4) is 0 Å². The molecule has 0 bridgehead atoms. The number of hydrogen-bond donors (Lipinski definition) is 2. The third-order valence-corrected chi connectivity index (χ3v) is 3.13. The minimum atomic E-state index is -2.73. The third-order valence-electron chi connectivity index (χ3n) is 1.11. The van der Waals surface area contributed by atoms with Crippen LogP contribution < -0.4 is 0 Å². The van der Waals surface area contributed by atoms with Gasteiger partial charge in [-0.1, -0.05) is 21.6 Å². The van der Waals surface area contributed by atoms with Gasteiger partial charge in [-0.3, -0.25) is 4.79 Å². The molecule has 0 saturated carbocycles. The fourth-order valence-corrected chi connectivity index (χ4v) is 1.77. The average Bonchev–Trinajstić information content (AvgIpc) is 2.20. The van der Waals surface area contributed by atoms with Crippen LogP contribution in [0.2, 0.25) is 0 Å². The number of esters is 1. The summed E-state index contributed by atoms with van der Waals surface area (Å²) in [6.45, 7) is -0.578. The third kappa shape index (κ3) is 10.4. The molecular formula is C6H12O6PS2+. The Morgan fingerprint density at radius 1 is 1.53 bits per heavy atom. The zero-order valence-corrected chi connectivity index (χ0v) is 10.5. The molecular weight excluding hydrogens is 263 g/mol. The molecule has 9 heteroatoms. The van der Waals surface area contributed by atoms with Gasteiger partial charge < -0.3 is 9.84 Å². The topological polar surface area (TPSA) is 93.1 Å². The lowest BCUT2D eigenvalue weighted by Gasteiger charge is -2.07. The highest BCUT2D eigenvalue weighted by Crippen LogP contribution is 2.16. The number of hydrogen-bond acceptors (Lipinski definition) is 7. The van der Waals surface area contributed by atoms with Crippen molar-refractivity contribution < 1.29 is 28.6 Å². The van der Waals surface area contributed by atoms with Gasteiger partial charge in [0.25, 0.3) is 0 Å². The van der Waals surface area contributed by atoms with Gasteiger partial charge in [-0.05, 0) is 6.26 Å². The maximum atomic E-state index is 10.9. The van der Waals surface area contributed by atoms with Gasteiger partial charge >= 0.3 is 14.2 Å². The Bertz CT molecular complexity index is 214. The Kier molecular flexibility index (Phi) is 9.48. The van der Waals surface area contributed by atoms with Crippen LogP contribution in [0.1, 0.15) is 0 Å². The maximum absolute atomic E-state index is 10.9. The lowest BCUT2D eigenvalue weighted by atomic mass is 10.4. The molecule has 0 aliphatic heterocycles. The summed E-state index contributed by atoms with van der Waals surface area (Å²) in [6.07, 6.45) is 0.748. The molecule has 0 radical (unpaired) electrons. The minimum absolute atomic E-state index is 0.197. The molecule has 1 unspecified atom stereocenters. The molecule has 0 aliphatic carbocycles. The number of rotatable bonds is 8. The first-order valence-electron chi connectivity index (χ1n) is 3.84. The van der Waals surface area contributed by atoms with Crippen LogP contribution in [-0.2, 0) is 18.6 Å². The summed E-state index contributed by atoms with van der Waals surface area (Å²) in [5.41, 5.74) is 0. The van der Waals surface area contributed by atoms with Crippen LogP contribution in [-0.4, -0.2) is 47.3 Å². The van der Waals surface area contributed by atoms with Gasteiger partial charge in [0.1, 0.15) is 25.1 Å². The molecule has 15 heavy (non-hydrogen) atoms. The Hall–Kier alpha value is 0.150. The van der Waals surface area contributed by atoms with Crippen molar-refractivity contribution in [2.75, 3.05) is 25.2 Å². The highest BCUT2D eigenvalue weighted by Gasteiger charge is 2.17.